The smallest absolute Gasteiger partial charge is 0.133 e. The van der Waals surface area contributed by atoms with Crippen LogP contribution in [0.5, 0.6) is 0 Å². The maximum Gasteiger partial charge on any atom is 0.133 e. The Bertz CT molecular complexity index is 1080. The summed E-state index contributed by atoms with van der Waals surface area (Å²) in [5, 5.41) is 0. The summed E-state index contributed by atoms with van der Waals surface area (Å²) in [7, 11) is 0. The van der Waals surface area contributed by atoms with Crippen molar-refractivity contribution < 1.29 is 4.42 Å². The third-order valence-electron chi connectivity index (χ3n) is 5.20. The third-order valence-corrected chi connectivity index (χ3v) is 5.20. The van der Waals surface area contributed by atoms with Crippen molar-refractivity contribution in [1.82, 2.24) is 24.4 Å². The molecular weight excluding hydrogens is 338 g/mol. The van der Waals surface area contributed by atoms with Crippen LogP contribution >= 0.6 is 0 Å². The van der Waals surface area contributed by atoms with Gasteiger partial charge in [0.25, 0.3) is 0 Å². The number of nitrogens with one attached hydrogen (secondary N) is 1. The van der Waals surface area contributed by atoms with Crippen molar-refractivity contribution in [2.75, 3.05) is 6.54 Å². The molecule has 4 heterocycles. The van der Waals surface area contributed by atoms with Gasteiger partial charge in [0.15, 0.2) is 0 Å². The third kappa shape index (κ3) is 2.69. The van der Waals surface area contributed by atoms with Crippen molar-refractivity contribution >= 4 is 11.0 Å². The Morgan fingerprint density at radius 3 is 3.04 bits per heavy atom. The largest absolute Gasteiger partial charge is 0.468 e. The molecule has 1 atom stereocenters. The van der Waals surface area contributed by atoms with Crippen LogP contribution in [0.25, 0.3) is 11.0 Å². The molecule has 0 aliphatic carbocycles. The highest BCUT2D eigenvalue weighted by Crippen LogP contribution is 2.35. The summed E-state index contributed by atoms with van der Waals surface area (Å²) in [5.74, 6) is 1.95. The van der Waals surface area contributed by atoms with E-state index in [1.165, 1.54) is 5.69 Å². The zero-order valence-corrected chi connectivity index (χ0v) is 15.0. The number of aromatic amines is 1. The van der Waals surface area contributed by atoms with Crippen LogP contribution in [0.1, 0.15) is 29.0 Å². The monoisotopic (exact) mass is 359 g/mol. The molecule has 0 saturated heterocycles. The van der Waals surface area contributed by atoms with E-state index in [0.717, 1.165) is 47.8 Å². The molecular formula is C21H21N5O. The van der Waals surface area contributed by atoms with Crippen molar-refractivity contribution in [2.24, 2.45) is 0 Å². The standard InChI is InChI=1S/C21H21N5O/c1-2-10-26-18-8-4-3-7-16(18)24-21(26)20-19-17(22-14-23-19)9-11-25(20)13-15-6-5-12-27-15/h2-8,12,14,20H,1,9-11,13H2,(H,22,23)/t20-/m1/s1. The molecule has 1 aliphatic rings. The maximum absolute atomic E-state index is 5.61. The Morgan fingerprint density at radius 1 is 1.26 bits per heavy atom. The van der Waals surface area contributed by atoms with Crippen LogP contribution in [0.4, 0.5) is 0 Å². The normalized spacial score (nSPS) is 17.3. The van der Waals surface area contributed by atoms with Crippen LogP contribution in [0.15, 0.2) is 66.1 Å². The maximum atomic E-state index is 5.61. The summed E-state index contributed by atoms with van der Waals surface area (Å²) in [6.07, 6.45) is 6.37. The van der Waals surface area contributed by atoms with E-state index >= 15 is 0 Å². The fraction of sp³-hybridized carbons (Fsp3) is 0.238. The van der Waals surface area contributed by atoms with E-state index in [-0.39, 0.29) is 6.04 Å². The van der Waals surface area contributed by atoms with Gasteiger partial charge in [0.2, 0.25) is 0 Å². The van der Waals surface area contributed by atoms with E-state index in [0.29, 0.717) is 6.54 Å². The highest BCUT2D eigenvalue weighted by molar-refractivity contribution is 5.76. The number of para-hydroxylation sites is 2. The SMILES string of the molecule is C=CCn1c([C@H]2c3nc[nH]c3CCN2Cc2ccco2)nc2ccccc21. The van der Waals surface area contributed by atoms with Gasteiger partial charge in [-0.2, -0.15) is 0 Å². The van der Waals surface area contributed by atoms with Gasteiger partial charge in [0.1, 0.15) is 17.6 Å². The number of imidazole rings is 2. The molecule has 6 heteroatoms. The second-order valence-corrected chi connectivity index (χ2v) is 6.83. The lowest BCUT2D eigenvalue weighted by Gasteiger charge is -2.34. The number of allylic oxidation sites excluding steroid dienone is 1. The first-order chi connectivity index (χ1) is 13.3. The molecule has 0 amide bonds. The quantitative estimate of drug-likeness (QED) is 0.552. The van der Waals surface area contributed by atoms with Crippen LogP contribution in [-0.4, -0.2) is 31.0 Å². The number of rotatable bonds is 5. The minimum Gasteiger partial charge on any atom is -0.468 e. The number of nitrogens with zero attached hydrogens (tertiary/aromatic N) is 4. The number of benzene rings is 1. The molecule has 0 fully saturated rings. The van der Waals surface area contributed by atoms with E-state index in [9.17, 15) is 0 Å². The molecule has 0 unspecified atom stereocenters. The van der Waals surface area contributed by atoms with Crippen molar-refractivity contribution in [3.05, 3.63) is 84.6 Å². The summed E-state index contributed by atoms with van der Waals surface area (Å²) in [6.45, 7) is 6.29. The van der Waals surface area contributed by atoms with Crippen molar-refractivity contribution in [3.63, 3.8) is 0 Å². The molecule has 1 N–H and O–H groups in total. The minimum atomic E-state index is -0.0301. The lowest BCUT2D eigenvalue weighted by Crippen LogP contribution is -2.37. The lowest BCUT2D eigenvalue weighted by molar-refractivity contribution is 0.176. The van der Waals surface area contributed by atoms with Crippen molar-refractivity contribution in [1.29, 1.82) is 0 Å². The van der Waals surface area contributed by atoms with Gasteiger partial charge in [0.05, 0.1) is 35.9 Å². The minimum absolute atomic E-state index is 0.0301. The molecule has 1 aliphatic heterocycles. The first kappa shape index (κ1) is 16.1. The number of fused-ring (bicyclic) bond motifs is 2. The summed E-state index contributed by atoms with van der Waals surface area (Å²) in [6, 6.07) is 12.2. The van der Waals surface area contributed by atoms with Gasteiger partial charge in [-0.3, -0.25) is 4.90 Å². The van der Waals surface area contributed by atoms with Crippen LogP contribution in [0.3, 0.4) is 0 Å². The number of hydrogen-bond acceptors (Lipinski definition) is 4. The van der Waals surface area contributed by atoms with E-state index in [2.05, 4.69) is 44.2 Å². The van der Waals surface area contributed by atoms with Gasteiger partial charge in [0, 0.05) is 25.2 Å². The first-order valence-corrected chi connectivity index (χ1v) is 9.20. The van der Waals surface area contributed by atoms with E-state index in [1.807, 2.05) is 24.3 Å². The summed E-state index contributed by atoms with van der Waals surface area (Å²) in [4.78, 5) is 15.4. The van der Waals surface area contributed by atoms with Crippen molar-refractivity contribution in [2.45, 2.75) is 25.6 Å². The van der Waals surface area contributed by atoms with Gasteiger partial charge < -0.3 is 14.0 Å². The van der Waals surface area contributed by atoms with Crippen molar-refractivity contribution in [3.8, 4) is 0 Å². The van der Waals surface area contributed by atoms with E-state index in [1.54, 1.807) is 12.6 Å². The summed E-state index contributed by atoms with van der Waals surface area (Å²) in [5.41, 5.74) is 4.35. The molecule has 0 bridgehead atoms. The van der Waals surface area contributed by atoms with Crippen LogP contribution < -0.4 is 0 Å². The Kier molecular flexibility index (Phi) is 3.90. The Balaban J connectivity index is 1.66. The van der Waals surface area contributed by atoms with Crippen LogP contribution in [-0.2, 0) is 19.5 Å². The molecule has 1 aromatic carbocycles. The topological polar surface area (TPSA) is 62.9 Å². The molecule has 3 aromatic heterocycles. The molecule has 0 radical (unpaired) electrons. The van der Waals surface area contributed by atoms with E-state index < -0.39 is 0 Å². The predicted molar refractivity (Wildman–Crippen MR) is 103 cm³/mol. The number of aromatic nitrogens is 4. The van der Waals surface area contributed by atoms with E-state index in [4.69, 9.17) is 9.40 Å². The van der Waals surface area contributed by atoms with Crippen LogP contribution in [0.2, 0.25) is 0 Å². The van der Waals surface area contributed by atoms with Gasteiger partial charge >= 0.3 is 0 Å². The molecule has 0 spiro atoms. The molecule has 27 heavy (non-hydrogen) atoms. The fourth-order valence-electron chi connectivity index (χ4n) is 4.01. The summed E-state index contributed by atoms with van der Waals surface area (Å²) >= 11 is 0. The van der Waals surface area contributed by atoms with Gasteiger partial charge in [-0.05, 0) is 24.3 Å². The zero-order chi connectivity index (χ0) is 18.2. The molecule has 136 valence electrons. The van der Waals surface area contributed by atoms with Gasteiger partial charge in [-0.25, -0.2) is 9.97 Å². The number of H-pyrrole nitrogens is 1. The highest BCUT2D eigenvalue weighted by Gasteiger charge is 2.35. The van der Waals surface area contributed by atoms with Gasteiger partial charge in [-0.1, -0.05) is 18.2 Å². The Morgan fingerprint density at radius 2 is 2.19 bits per heavy atom. The highest BCUT2D eigenvalue weighted by atomic mass is 16.3. The molecule has 5 rings (SSSR count). The lowest BCUT2D eigenvalue weighted by atomic mass is 10.0. The fourth-order valence-corrected chi connectivity index (χ4v) is 4.01. The van der Waals surface area contributed by atoms with Gasteiger partial charge in [-0.15, -0.1) is 6.58 Å². The summed E-state index contributed by atoms with van der Waals surface area (Å²) < 4.78 is 7.86. The average Bonchev–Trinajstić information content (AvgIpc) is 3.42. The number of hydrogen-bond donors (Lipinski definition) is 1. The number of furan rings is 1. The molecule has 6 nitrogen and oxygen atoms in total. The Hall–Kier alpha value is -3.12. The predicted octanol–water partition coefficient (Wildman–Crippen LogP) is 3.69. The average molecular weight is 359 g/mol. The Labute approximate surface area is 157 Å². The second kappa shape index (κ2) is 6.55. The zero-order valence-electron chi connectivity index (χ0n) is 15.0. The first-order valence-electron chi connectivity index (χ1n) is 9.20. The molecule has 0 saturated carbocycles. The van der Waals surface area contributed by atoms with Crippen LogP contribution in [0, 0.1) is 0 Å². The second-order valence-electron chi connectivity index (χ2n) is 6.83. The molecule has 4 aromatic rings.